The number of nitrogens with zero attached hydrogens (tertiary/aromatic N) is 5. The topological polar surface area (TPSA) is 61.8 Å². The summed E-state index contributed by atoms with van der Waals surface area (Å²) in [7, 11) is 1.62. The predicted molar refractivity (Wildman–Crippen MR) is 109 cm³/mol. The number of amides is 1. The summed E-state index contributed by atoms with van der Waals surface area (Å²) in [4.78, 5) is 28.4. The molecule has 2 aromatic rings. The maximum atomic E-state index is 12.7. The van der Waals surface area contributed by atoms with Gasteiger partial charge in [-0.3, -0.25) is 4.79 Å². The van der Waals surface area contributed by atoms with Crippen molar-refractivity contribution >= 4 is 17.7 Å². The van der Waals surface area contributed by atoms with Gasteiger partial charge in [0.05, 0.1) is 7.11 Å². The van der Waals surface area contributed by atoms with Crippen molar-refractivity contribution in [2.45, 2.75) is 19.3 Å². The number of carbonyl (C=O) groups excluding carboxylic acids is 1. The first-order chi connectivity index (χ1) is 13.7. The molecular formula is C21H27N5O2. The molecule has 0 bridgehead atoms. The molecule has 1 amide bonds. The molecule has 0 radical (unpaired) electrons. The minimum atomic E-state index is 0.0685. The Balaban J connectivity index is 1.37. The average molecular weight is 381 g/mol. The van der Waals surface area contributed by atoms with E-state index in [0.29, 0.717) is 18.7 Å². The zero-order valence-electron chi connectivity index (χ0n) is 16.4. The van der Waals surface area contributed by atoms with Crippen molar-refractivity contribution in [1.82, 2.24) is 14.9 Å². The largest absolute Gasteiger partial charge is 0.497 e. The molecule has 0 atom stereocenters. The molecule has 1 aromatic carbocycles. The van der Waals surface area contributed by atoms with Gasteiger partial charge in [0.1, 0.15) is 11.6 Å². The summed E-state index contributed by atoms with van der Waals surface area (Å²) in [5, 5.41) is 0. The molecule has 7 nitrogen and oxygen atoms in total. The van der Waals surface area contributed by atoms with E-state index in [9.17, 15) is 4.79 Å². The smallest absolute Gasteiger partial charge is 0.253 e. The molecule has 0 spiro atoms. The first-order valence-corrected chi connectivity index (χ1v) is 10.0. The normalized spacial score (nSPS) is 17.5. The number of ether oxygens (including phenoxy) is 1. The molecule has 3 heterocycles. The molecule has 28 heavy (non-hydrogen) atoms. The number of carbonyl (C=O) groups is 1. The van der Waals surface area contributed by atoms with Crippen molar-refractivity contribution in [2.24, 2.45) is 0 Å². The molecule has 0 unspecified atom stereocenters. The minimum absolute atomic E-state index is 0.0685. The summed E-state index contributed by atoms with van der Waals surface area (Å²) >= 11 is 0. The first-order valence-electron chi connectivity index (χ1n) is 10.0. The number of rotatable bonds is 4. The van der Waals surface area contributed by atoms with Crippen molar-refractivity contribution in [3.63, 3.8) is 0 Å². The summed E-state index contributed by atoms with van der Waals surface area (Å²) in [6.45, 7) is 5.00. The van der Waals surface area contributed by atoms with E-state index < -0.39 is 0 Å². The molecule has 2 aliphatic heterocycles. The predicted octanol–water partition coefficient (Wildman–Crippen LogP) is 2.44. The van der Waals surface area contributed by atoms with Gasteiger partial charge in [-0.2, -0.15) is 4.98 Å². The van der Waals surface area contributed by atoms with Gasteiger partial charge in [-0.1, -0.05) is 0 Å². The van der Waals surface area contributed by atoms with Crippen molar-refractivity contribution in [2.75, 3.05) is 56.2 Å². The number of benzene rings is 1. The van der Waals surface area contributed by atoms with Gasteiger partial charge in [-0.15, -0.1) is 0 Å². The van der Waals surface area contributed by atoms with Crippen LogP contribution in [-0.2, 0) is 0 Å². The standard InChI is InChI=1S/C21H27N5O2/c1-28-18-7-5-17(6-8-18)20(27)25-15-13-24(14-16-25)19-9-10-22-21(23-19)26-11-3-2-4-12-26/h5-10H,2-4,11-16H2,1H3. The summed E-state index contributed by atoms with van der Waals surface area (Å²) in [6, 6.07) is 9.26. The highest BCUT2D eigenvalue weighted by Gasteiger charge is 2.23. The maximum absolute atomic E-state index is 12.7. The van der Waals surface area contributed by atoms with Crippen LogP contribution in [0.25, 0.3) is 0 Å². The van der Waals surface area contributed by atoms with Crippen LogP contribution in [0.2, 0.25) is 0 Å². The highest BCUT2D eigenvalue weighted by molar-refractivity contribution is 5.94. The molecule has 2 fully saturated rings. The Morgan fingerprint density at radius 3 is 2.29 bits per heavy atom. The molecule has 7 heteroatoms. The van der Waals surface area contributed by atoms with Gasteiger partial charge >= 0.3 is 0 Å². The van der Waals surface area contributed by atoms with Crippen molar-refractivity contribution < 1.29 is 9.53 Å². The monoisotopic (exact) mass is 381 g/mol. The van der Waals surface area contributed by atoms with Crippen LogP contribution in [0.5, 0.6) is 5.75 Å². The van der Waals surface area contributed by atoms with E-state index in [4.69, 9.17) is 9.72 Å². The fourth-order valence-electron chi connectivity index (χ4n) is 3.82. The number of piperidine rings is 1. The van der Waals surface area contributed by atoms with Crippen LogP contribution in [0.15, 0.2) is 36.5 Å². The fraction of sp³-hybridized carbons (Fsp3) is 0.476. The van der Waals surface area contributed by atoms with E-state index in [1.165, 1.54) is 19.3 Å². The van der Waals surface area contributed by atoms with Crippen molar-refractivity contribution in [3.8, 4) is 5.75 Å². The number of piperazine rings is 1. The Morgan fingerprint density at radius 2 is 1.61 bits per heavy atom. The second-order valence-electron chi connectivity index (χ2n) is 7.27. The second-order valence-corrected chi connectivity index (χ2v) is 7.27. The lowest BCUT2D eigenvalue weighted by Crippen LogP contribution is -2.49. The number of aromatic nitrogens is 2. The Kier molecular flexibility index (Phi) is 5.60. The SMILES string of the molecule is COc1ccc(C(=O)N2CCN(c3ccnc(N4CCCCC4)n3)CC2)cc1. The fourth-order valence-corrected chi connectivity index (χ4v) is 3.82. The minimum Gasteiger partial charge on any atom is -0.497 e. The Labute approximate surface area is 165 Å². The van der Waals surface area contributed by atoms with Crippen LogP contribution in [0.4, 0.5) is 11.8 Å². The van der Waals surface area contributed by atoms with Crippen LogP contribution in [0.3, 0.4) is 0 Å². The van der Waals surface area contributed by atoms with Gasteiger partial charge in [0.2, 0.25) is 5.95 Å². The zero-order chi connectivity index (χ0) is 19.3. The third-order valence-electron chi connectivity index (χ3n) is 5.49. The van der Waals surface area contributed by atoms with E-state index in [-0.39, 0.29) is 5.91 Å². The Hall–Kier alpha value is -2.83. The third-order valence-corrected chi connectivity index (χ3v) is 5.49. The number of anilines is 2. The zero-order valence-corrected chi connectivity index (χ0v) is 16.4. The molecule has 4 rings (SSSR count). The average Bonchev–Trinajstić information content (AvgIpc) is 2.79. The summed E-state index contributed by atoms with van der Waals surface area (Å²) < 4.78 is 5.16. The highest BCUT2D eigenvalue weighted by Crippen LogP contribution is 2.20. The molecular weight excluding hydrogens is 354 g/mol. The quantitative estimate of drug-likeness (QED) is 0.811. The van der Waals surface area contributed by atoms with E-state index in [0.717, 1.165) is 43.7 Å². The third kappa shape index (κ3) is 4.03. The van der Waals surface area contributed by atoms with E-state index in [1.807, 2.05) is 41.4 Å². The van der Waals surface area contributed by atoms with Crippen LogP contribution in [0, 0.1) is 0 Å². The molecule has 1 aromatic heterocycles. The molecule has 148 valence electrons. The van der Waals surface area contributed by atoms with Crippen LogP contribution < -0.4 is 14.5 Å². The van der Waals surface area contributed by atoms with E-state index in [1.54, 1.807) is 7.11 Å². The van der Waals surface area contributed by atoms with Gasteiger partial charge in [-0.05, 0) is 49.6 Å². The summed E-state index contributed by atoms with van der Waals surface area (Å²) in [6.07, 6.45) is 5.56. The lowest BCUT2D eigenvalue weighted by Gasteiger charge is -2.36. The molecule has 2 aliphatic rings. The lowest BCUT2D eigenvalue weighted by atomic mass is 10.1. The summed E-state index contributed by atoms with van der Waals surface area (Å²) in [5.41, 5.74) is 0.698. The molecule has 0 N–H and O–H groups in total. The van der Waals surface area contributed by atoms with Crippen molar-refractivity contribution in [3.05, 3.63) is 42.1 Å². The van der Waals surface area contributed by atoms with Crippen LogP contribution >= 0.6 is 0 Å². The van der Waals surface area contributed by atoms with E-state index >= 15 is 0 Å². The van der Waals surface area contributed by atoms with Crippen LogP contribution in [-0.4, -0.2) is 67.2 Å². The lowest BCUT2D eigenvalue weighted by molar-refractivity contribution is 0.0746. The Bertz CT molecular complexity index is 797. The second kappa shape index (κ2) is 8.46. The van der Waals surface area contributed by atoms with Gasteiger partial charge < -0.3 is 19.4 Å². The van der Waals surface area contributed by atoms with Crippen LogP contribution in [0.1, 0.15) is 29.6 Å². The van der Waals surface area contributed by atoms with Gasteiger partial charge in [0.25, 0.3) is 5.91 Å². The highest BCUT2D eigenvalue weighted by atomic mass is 16.5. The van der Waals surface area contributed by atoms with Crippen molar-refractivity contribution in [1.29, 1.82) is 0 Å². The molecule has 0 aliphatic carbocycles. The summed E-state index contributed by atoms with van der Waals surface area (Å²) in [5.74, 6) is 2.61. The van der Waals surface area contributed by atoms with Gasteiger partial charge in [-0.25, -0.2) is 4.98 Å². The van der Waals surface area contributed by atoms with Gasteiger partial charge in [0.15, 0.2) is 0 Å². The number of methoxy groups -OCH3 is 1. The molecule has 0 saturated carbocycles. The maximum Gasteiger partial charge on any atom is 0.253 e. The van der Waals surface area contributed by atoms with E-state index in [2.05, 4.69) is 14.8 Å². The first kappa shape index (κ1) is 18.5. The molecule has 2 saturated heterocycles. The van der Waals surface area contributed by atoms with Gasteiger partial charge in [0, 0.05) is 51.0 Å². The number of hydrogen-bond donors (Lipinski definition) is 0. The number of hydrogen-bond acceptors (Lipinski definition) is 6. The Morgan fingerprint density at radius 1 is 0.893 bits per heavy atom.